The summed E-state index contributed by atoms with van der Waals surface area (Å²) in [5, 5.41) is 7.21. The van der Waals surface area contributed by atoms with Crippen molar-refractivity contribution in [2.75, 3.05) is 0 Å². The summed E-state index contributed by atoms with van der Waals surface area (Å²) in [6.07, 6.45) is 3.92. The Morgan fingerprint density at radius 2 is 1.80 bits per heavy atom. The number of fused-ring (bicyclic) bond motifs is 1. The number of amides is 1. The highest BCUT2D eigenvalue weighted by Gasteiger charge is 2.17. The average Bonchev–Trinajstić information content (AvgIpc) is 2.93. The first kappa shape index (κ1) is 19.9. The Balaban J connectivity index is 1.27. The second-order valence-corrected chi connectivity index (χ2v) is 7.51. The summed E-state index contributed by atoms with van der Waals surface area (Å²) in [5.41, 5.74) is 1.88. The van der Waals surface area contributed by atoms with Gasteiger partial charge in [0.05, 0.1) is 0 Å². The molecule has 1 amide bonds. The van der Waals surface area contributed by atoms with Crippen LogP contribution in [0.15, 0.2) is 59.4 Å². The van der Waals surface area contributed by atoms with E-state index in [1.54, 1.807) is 4.57 Å². The SMILES string of the molecule is O=C(Cn1nc2n(c1=O)CCCCC2)NCc1ccc(OCc2ccccc2)cc1. The van der Waals surface area contributed by atoms with Crippen molar-refractivity contribution in [2.45, 2.75) is 51.9 Å². The van der Waals surface area contributed by atoms with Gasteiger partial charge in [-0.25, -0.2) is 9.48 Å². The quantitative estimate of drug-likeness (QED) is 0.654. The van der Waals surface area contributed by atoms with Crippen molar-refractivity contribution in [3.05, 3.63) is 82.0 Å². The Morgan fingerprint density at radius 3 is 2.60 bits per heavy atom. The summed E-state index contributed by atoms with van der Waals surface area (Å²) in [6.45, 7) is 1.53. The van der Waals surface area contributed by atoms with Gasteiger partial charge in [-0.2, -0.15) is 5.10 Å². The summed E-state index contributed by atoms with van der Waals surface area (Å²) in [6, 6.07) is 17.6. The fraction of sp³-hybridized carbons (Fsp3) is 0.348. The molecule has 4 rings (SSSR count). The average molecular weight is 406 g/mol. The fourth-order valence-electron chi connectivity index (χ4n) is 3.57. The summed E-state index contributed by atoms with van der Waals surface area (Å²) in [4.78, 5) is 24.7. The Bertz CT molecular complexity index is 1040. The predicted molar refractivity (Wildman–Crippen MR) is 113 cm³/mol. The lowest BCUT2D eigenvalue weighted by Gasteiger charge is -2.08. The van der Waals surface area contributed by atoms with Crippen LogP contribution in [0.3, 0.4) is 0 Å². The zero-order valence-electron chi connectivity index (χ0n) is 16.9. The third-order valence-corrected chi connectivity index (χ3v) is 5.24. The highest BCUT2D eigenvalue weighted by molar-refractivity contribution is 5.75. The van der Waals surface area contributed by atoms with E-state index in [9.17, 15) is 9.59 Å². The highest BCUT2D eigenvalue weighted by atomic mass is 16.5. The van der Waals surface area contributed by atoms with E-state index in [0.717, 1.165) is 48.4 Å². The monoisotopic (exact) mass is 406 g/mol. The Hall–Kier alpha value is -3.35. The van der Waals surface area contributed by atoms with Crippen LogP contribution in [-0.2, 0) is 37.5 Å². The number of hydrogen-bond acceptors (Lipinski definition) is 4. The predicted octanol–water partition coefficient (Wildman–Crippen LogP) is 2.67. The molecule has 0 bridgehead atoms. The number of benzene rings is 2. The van der Waals surface area contributed by atoms with Gasteiger partial charge in [0, 0.05) is 19.5 Å². The molecule has 0 atom stereocenters. The Kier molecular flexibility index (Phi) is 6.27. The number of rotatable bonds is 7. The molecular weight excluding hydrogens is 380 g/mol. The summed E-state index contributed by atoms with van der Waals surface area (Å²) >= 11 is 0. The van der Waals surface area contributed by atoms with Gasteiger partial charge >= 0.3 is 5.69 Å². The third kappa shape index (κ3) is 4.97. The molecule has 156 valence electrons. The van der Waals surface area contributed by atoms with Gasteiger partial charge in [0.25, 0.3) is 0 Å². The fourth-order valence-corrected chi connectivity index (χ4v) is 3.57. The number of hydrogen-bond donors (Lipinski definition) is 1. The lowest BCUT2D eigenvalue weighted by Crippen LogP contribution is -2.33. The van der Waals surface area contributed by atoms with Crippen molar-refractivity contribution in [2.24, 2.45) is 0 Å². The van der Waals surface area contributed by atoms with Gasteiger partial charge in [-0.05, 0) is 36.1 Å². The van der Waals surface area contributed by atoms with Crippen molar-refractivity contribution in [1.82, 2.24) is 19.7 Å². The van der Waals surface area contributed by atoms with E-state index in [2.05, 4.69) is 10.4 Å². The molecule has 0 fully saturated rings. The molecule has 1 aliphatic heterocycles. The maximum Gasteiger partial charge on any atom is 0.346 e. The van der Waals surface area contributed by atoms with E-state index in [-0.39, 0.29) is 18.1 Å². The molecular formula is C23H26N4O3. The minimum Gasteiger partial charge on any atom is -0.489 e. The topological polar surface area (TPSA) is 78.2 Å². The lowest BCUT2D eigenvalue weighted by atomic mass is 10.2. The Morgan fingerprint density at radius 1 is 1.00 bits per heavy atom. The zero-order chi connectivity index (χ0) is 20.8. The first-order chi connectivity index (χ1) is 14.7. The van der Waals surface area contributed by atoms with Crippen LogP contribution in [-0.4, -0.2) is 20.3 Å². The lowest BCUT2D eigenvalue weighted by molar-refractivity contribution is -0.122. The molecule has 1 aromatic heterocycles. The van der Waals surface area contributed by atoms with Gasteiger partial charge in [0.15, 0.2) is 0 Å². The largest absolute Gasteiger partial charge is 0.489 e. The minimum absolute atomic E-state index is 0.0584. The number of nitrogens with zero attached hydrogens (tertiary/aromatic N) is 3. The van der Waals surface area contributed by atoms with Crippen molar-refractivity contribution in [3.63, 3.8) is 0 Å². The number of carbonyl (C=O) groups is 1. The summed E-state index contributed by atoms with van der Waals surface area (Å²) in [5.74, 6) is 1.34. The molecule has 0 aliphatic carbocycles. The van der Waals surface area contributed by atoms with Gasteiger partial charge in [-0.1, -0.05) is 48.9 Å². The third-order valence-electron chi connectivity index (χ3n) is 5.24. The molecule has 2 heterocycles. The van der Waals surface area contributed by atoms with E-state index in [1.807, 2.05) is 54.6 Å². The van der Waals surface area contributed by atoms with Gasteiger partial charge in [-0.15, -0.1) is 0 Å². The molecule has 7 heteroatoms. The zero-order valence-corrected chi connectivity index (χ0v) is 16.9. The van der Waals surface area contributed by atoms with E-state index in [1.165, 1.54) is 4.68 Å². The molecule has 1 aliphatic rings. The van der Waals surface area contributed by atoms with Gasteiger partial charge in [0.2, 0.25) is 5.91 Å². The first-order valence-electron chi connectivity index (χ1n) is 10.4. The van der Waals surface area contributed by atoms with E-state index in [4.69, 9.17) is 4.74 Å². The van der Waals surface area contributed by atoms with Crippen LogP contribution in [0.4, 0.5) is 0 Å². The summed E-state index contributed by atoms with van der Waals surface area (Å²) < 4.78 is 8.75. The molecule has 3 aromatic rings. The van der Waals surface area contributed by atoms with Crippen LogP contribution < -0.4 is 15.7 Å². The number of nitrogens with one attached hydrogen (secondary N) is 1. The summed E-state index contributed by atoms with van der Waals surface area (Å²) in [7, 11) is 0. The second kappa shape index (κ2) is 9.43. The second-order valence-electron chi connectivity index (χ2n) is 7.51. The van der Waals surface area contributed by atoms with Crippen molar-refractivity contribution in [3.8, 4) is 5.75 Å². The van der Waals surface area contributed by atoms with Gasteiger partial charge < -0.3 is 10.1 Å². The molecule has 1 N–H and O–H groups in total. The standard InChI is InChI=1S/C23H26N4O3/c28-22(16-27-23(29)26-14-6-2-5-9-21(26)25-27)24-15-18-10-12-20(13-11-18)30-17-19-7-3-1-4-8-19/h1,3-4,7-8,10-13H,2,5-6,9,14-17H2,(H,24,28). The molecule has 0 radical (unpaired) electrons. The maximum absolute atomic E-state index is 12.4. The van der Waals surface area contributed by atoms with Crippen molar-refractivity contribution >= 4 is 5.91 Å². The van der Waals surface area contributed by atoms with Crippen LogP contribution in [0.5, 0.6) is 5.75 Å². The normalized spacial score (nSPS) is 13.3. The molecule has 30 heavy (non-hydrogen) atoms. The van der Waals surface area contributed by atoms with Crippen LogP contribution in [0.1, 0.15) is 36.2 Å². The molecule has 0 saturated carbocycles. The van der Waals surface area contributed by atoms with E-state index >= 15 is 0 Å². The Labute approximate surface area is 175 Å². The number of ether oxygens (including phenoxy) is 1. The van der Waals surface area contributed by atoms with Crippen LogP contribution in [0, 0.1) is 0 Å². The number of aromatic nitrogens is 3. The molecule has 7 nitrogen and oxygen atoms in total. The van der Waals surface area contributed by atoms with Gasteiger partial charge in [0.1, 0.15) is 24.7 Å². The van der Waals surface area contributed by atoms with Crippen molar-refractivity contribution < 1.29 is 9.53 Å². The van der Waals surface area contributed by atoms with E-state index in [0.29, 0.717) is 19.7 Å². The first-order valence-corrected chi connectivity index (χ1v) is 10.4. The molecule has 0 unspecified atom stereocenters. The number of carbonyl (C=O) groups excluding carboxylic acids is 1. The van der Waals surface area contributed by atoms with Gasteiger partial charge in [-0.3, -0.25) is 9.36 Å². The van der Waals surface area contributed by atoms with Crippen LogP contribution >= 0.6 is 0 Å². The van der Waals surface area contributed by atoms with Crippen LogP contribution in [0.2, 0.25) is 0 Å². The van der Waals surface area contributed by atoms with E-state index < -0.39 is 0 Å². The van der Waals surface area contributed by atoms with Crippen molar-refractivity contribution in [1.29, 1.82) is 0 Å². The maximum atomic E-state index is 12.4. The van der Waals surface area contributed by atoms with Crippen LogP contribution in [0.25, 0.3) is 0 Å². The molecule has 0 spiro atoms. The number of aryl methyl sites for hydroxylation is 1. The molecule has 0 saturated heterocycles. The smallest absolute Gasteiger partial charge is 0.346 e. The minimum atomic E-state index is -0.227. The highest BCUT2D eigenvalue weighted by Crippen LogP contribution is 2.14. The molecule has 2 aromatic carbocycles.